The minimum absolute atomic E-state index is 0.0686. The molecule has 0 saturated carbocycles. The number of aromatic nitrogens is 4. The van der Waals surface area contributed by atoms with E-state index < -0.39 is 0 Å². The van der Waals surface area contributed by atoms with Gasteiger partial charge in [-0.1, -0.05) is 11.6 Å². The maximum Gasteiger partial charge on any atom is 0.252 e. The van der Waals surface area contributed by atoms with Gasteiger partial charge in [0.25, 0.3) is 5.78 Å². The molecule has 1 amide bonds. The Balaban J connectivity index is 1.35. The van der Waals surface area contributed by atoms with Gasteiger partial charge in [0.05, 0.1) is 10.8 Å². The molecule has 3 aromatic rings. The molecule has 4 rings (SSSR count). The smallest absolute Gasteiger partial charge is 0.252 e. The van der Waals surface area contributed by atoms with Crippen LogP contribution in [0, 0.1) is 13.8 Å². The standard InChI is InChI=1S/C18H21ClN6OS/c1-12-9-13(2)25-18(20-12)21-16(22-25)10-17(26)24-7-5-23(6-8-24)11-14-3-4-15(19)27-14/h3-4,9H,5-8,10-11H2,1-2H3. The Labute approximate surface area is 166 Å². The average molecular weight is 405 g/mol. The summed E-state index contributed by atoms with van der Waals surface area (Å²) in [4.78, 5) is 26.9. The number of hydrogen-bond donors (Lipinski definition) is 0. The maximum absolute atomic E-state index is 12.6. The van der Waals surface area contributed by atoms with E-state index in [-0.39, 0.29) is 12.3 Å². The van der Waals surface area contributed by atoms with Crippen LogP contribution >= 0.6 is 22.9 Å². The van der Waals surface area contributed by atoms with Gasteiger partial charge >= 0.3 is 0 Å². The number of amides is 1. The third-order valence-electron chi connectivity index (χ3n) is 4.70. The number of hydrogen-bond acceptors (Lipinski definition) is 6. The topological polar surface area (TPSA) is 66.6 Å². The maximum atomic E-state index is 12.6. The minimum atomic E-state index is 0.0686. The number of rotatable bonds is 4. The lowest BCUT2D eigenvalue weighted by Gasteiger charge is -2.34. The summed E-state index contributed by atoms with van der Waals surface area (Å²) in [5, 5.41) is 4.44. The Kier molecular flexibility index (Phi) is 5.12. The molecule has 0 aliphatic carbocycles. The van der Waals surface area contributed by atoms with Crippen molar-refractivity contribution >= 4 is 34.6 Å². The van der Waals surface area contributed by atoms with E-state index >= 15 is 0 Å². The number of piperazine rings is 1. The van der Waals surface area contributed by atoms with Crippen molar-refractivity contribution in [1.29, 1.82) is 0 Å². The monoisotopic (exact) mass is 404 g/mol. The number of carbonyl (C=O) groups is 1. The zero-order valence-electron chi connectivity index (χ0n) is 15.4. The molecule has 0 radical (unpaired) electrons. The van der Waals surface area contributed by atoms with Crippen LogP contribution in [-0.2, 0) is 17.8 Å². The van der Waals surface area contributed by atoms with Crippen molar-refractivity contribution in [3.63, 3.8) is 0 Å². The molecular weight excluding hydrogens is 384 g/mol. The lowest BCUT2D eigenvalue weighted by Crippen LogP contribution is -2.48. The van der Waals surface area contributed by atoms with Crippen LogP contribution in [0.3, 0.4) is 0 Å². The largest absolute Gasteiger partial charge is 0.340 e. The van der Waals surface area contributed by atoms with Gasteiger partial charge in [-0.2, -0.15) is 4.98 Å². The van der Waals surface area contributed by atoms with Gasteiger partial charge in [-0.25, -0.2) is 9.50 Å². The summed E-state index contributed by atoms with van der Waals surface area (Å²) < 4.78 is 2.51. The first-order valence-corrected chi connectivity index (χ1v) is 10.1. The van der Waals surface area contributed by atoms with Crippen molar-refractivity contribution in [1.82, 2.24) is 29.4 Å². The summed E-state index contributed by atoms with van der Waals surface area (Å²) >= 11 is 7.61. The van der Waals surface area contributed by atoms with Gasteiger partial charge in [0.2, 0.25) is 5.91 Å². The van der Waals surface area contributed by atoms with Gasteiger partial charge in [0.15, 0.2) is 5.82 Å². The molecule has 3 aromatic heterocycles. The number of aryl methyl sites for hydroxylation is 2. The molecule has 7 nitrogen and oxygen atoms in total. The van der Waals surface area contributed by atoms with Gasteiger partial charge in [-0.05, 0) is 32.0 Å². The third-order valence-corrected chi connectivity index (χ3v) is 5.92. The molecule has 1 saturated heterocycles. The van der Waals surface area contributed by atoms with Crippen molar-refractivity contribution < 1.29 is 4.79 Å². The Morgan fingerprint density at radius 1 is 1.19 bits per heavy atom. The molecule has 1 aliphatic rings. The fourth-order valence-electron chi connectivity index (χ4n) is 3.34. The van der Waals surface area contributed by atoms with Crippen molar-refractivity contribution in [2.45, 2.75) is 26.8 Å². The molecule has 1 fully saturated rings. The third kappa shape index (κ3) is 4.12. The highest BCUT2D eigenvalue weighted by Gasteiger charge is 2.23. The molecule has 1 aliphatic heterocycles. The molecule has 9 heteroatoms. The summed E-state index contributed by atoms with van der Waals surface area (Å²) in [5.74, 6) is 1.14. The summed E-state index contributed by atoms with van der Waals surface area (Å²) in [6.07, 6.45) is 0.211. The van der Waals surface area contributed by atoms with Crippen LogP contribution in [0.15, 0.2) is 18.2 Å². The first-order valence-electron chi connectivity index (χ1n) is 8.92. The van der Waals surface area contributed by atoms with E-state index in [1.165, 1.54) is 4.88 Å². The fraction of sp³-hybridized carbons (Fsp3) is 0.444. The molecule has 0 aromatic carbocycles. The number of fused-ring (bicyclic) bond motifs is 1. The Morgan fingerprint density at radius 2 is 1.96 bits per heavy atom. The summed E-state index contributed by atoms with van der Waals surface area (Å²) in [7, 11) is 0. The van der Waals surface area contributed by atoms with Crippen LogP contribution in [0.1, 0.15) is 22.1 Å². The Morgan fingerprint density at radius 3 is 2.67 bits per heavy atom. The van der Waals surface area contributed by atoms with Crippen molar-refractivity contribution in [2.75, 3.05) is 26.2 Å². The lowest BCUT2D eigenvalue weighted by molar-refractivity contribution is -0.132. The van der Waals surface area contributed by atoms with Gasteiger partial charge in [-0.3, -0.25) is 9.69 Å². The summed E-state index contributed by atoms with van der Waals surface area (Å²) in [6.45, 7) is 7.94. The fourth-order valence-corrected chi connectivity index (χ4v) is 4.47. The number of carbonyl (C=O) groups excluding carboxylic acids is 1. The second-order valence-corrected chi connectivity index (χ2v) is 8.62. The van der Waals surface area contributed by atoms with Crippen LogP contribution in [0.25, 0.3) is 5.78 Å². The number of halogens is 1. The predicted octanol–water partition coefficient (Wildman–Crippen LogP) is 2.34. The summed E-state index contributed by atoms with van der Waals surface area (Å²) in [5.41, 5.74) is 1.86. The molecule has 0 spiro atoms. The first kappa shape index (κ1) is 18.3. The molecule has 0 N–H and O–H groups in total. The van der Waals surface area contributed by atoms with E-state index in [4.69, 9.17) is 11.6 Å². The molecule has 27 heavy (non-hydrogen) atoms. The Hall–Kier alpha value is -2.03. The molecular formula is C18H21ClN6OS. The van der Waals surface area contributed by atoms with Crippen molar-refractivity contribution in [3.8, 4) is 0 Å². The summed E-state index contributed by atoms with van der Waals surface area (Å²) in [6, 6.07) is 5.95. The van der Waals surface area contributed by atoms with Gasteiger partial charge < -0.3 is 4.90 Å². The molecule has 0 atom stereocenters. The highest BCUT2D eigenvalue weighted by atomic mass is 35.5. The highest BCUT2D eigenvalue weighted by Crippen LogP contribution is 2.23. The van der Waals surface area contributed by atoms with Crippen LogP contribution in [0.4, 0.5) is 0 Å². The number of thiophene rings is 1. The highest BCUT2D eigenvalue weighted by molar-refractivity contribution is 7.16. The predicted molar refractivity (Wildman–Crippen MR) is 105 cm³/mol. The zero-order valence-corrected chi connectivity index (χ0v) is 16.9. The molecule has 4 heterocycles. The second kappa shape index (κ2) is 7.53. The van der Waals surface area contributed by atoms with Crippen molar-refractivity contribution in [3.05, 3.63) is 44.6 Å². The van der Waals surface area contributed by atoms with Crippen LogP contribution in [0.2, 0.25) is 4.34 Å². The Bertz CT molecular complexity index is 976. The van der Waals surface area contributed by atoms with Crippen LogP contribution in [-0.4, -0.2) is 61.5 Å². The normalized spacial score (nSPS) is 15.6. The van der Waals surface area contributed by atoms with E-state index in [1.807, 2.05) is 30.9 Å². The van der Waals surface area contributed by atoms with Crippen molar-refractivity contribution in [2.24, 2.45) is 0 Å². The average Bonchev–Trinajstić information content (AvgIpc) is 3.21. The van der Waals surface area contributed by atoms with E-state index in [0.29, 0.717) is 11.6 Å². The van der Waals surface area contributed by atoms with E-state index in [2.05, 4.69) is 26.0 Å². The SMILES string of the molecule is Cc1cc(C)n2nc(CC(=O)N3CCN(Cc4ccc(Cl)s4)CC3)nc2n1. The van der Waals surface area contributed by atoms with Crippen LogP contribution < -0.4 is 0 Å². The minimum Gasteiger partial charge on any atom is -0.340 e. The lowest BCUT2D eigenvalue weighted by atomic mass is 10.2. The van der Waals surface area contributed by atoms with E-state index in [0.717, 1.165) is 48.4 Å². The molecule has 0 unspecified atom stereocenters. The zero-order chi connectivity index (χ0) is 19.0. The van der Waals surface area contributed by atoms with Gasteiger partial charge in [-0.15, -0.1) is 16.4 Å². The van der Waals surface area contributed by atoms with Crippen LogP contribution in [0.5, 0.6) is 0 Å². The first-order chi connectivity index (χ1) is 13.0. The van der Waals surface area contributed by atoms with Gasteiger partial charge in [0, 0.05) is 49.0 Å². The van der Waals surface area contributed by atoms with E-state index in [9.17, 15) is 4.79 Å². The second-order valence-electron chi connectivity index (χ2n) is 6.82. The quantitative estimate of drug-likeness (QED) is 0.667. The van der Waals surface area contributed by atoms with Gasteiger partial charge in [0.1, 0.15) is 0 Å². The van der Waals surface area contributed by atoms with E-state index in [1.54, 1.807) is 15.9 Å². The molecule has 0 bridgehead atoms. The molecule has 142 valence electrons. The number of nitrogens with zero attached hydrogens (tertiary/aromatic N) is 6.